The van der Waals surface area contributed by atoms with Crippen LogP contribution in [0.5, 0.6) is 0 Å². The number of carboxylic acid groups (broad SMARTS) is 1. The van der Waals surface area contributed by atoms with Gasteiger partial charge in [-0.05, 0) is 19.3 Å². The van der Waals surface area contributed by atoms with E-state index in [4.69, 9.17) is 5.11 Å². The number of rotatable bonds is 10. The Bertz CT molecular complexity index is 526. The second-order valence-electron chi connectivity index (χ2n) is 6.02. The summed E-state index contributed by atoms with van der Waals surface area (Å²) in [7, 11) is -3.48. The fourth-order valence-corrected chi connectivity index (χ4v) is 4.45. The molecule has 0 aromatic carbocycles. The minimum absolute atomic E-state index is 0.0109. The average Bonchev–Trinajstić information content (AvgIpc) is 2.58. The summed E-state index contributed by atoms with van der Waals surface area (Å²) in [4.78, 5) is 24.0. The van der Waals surface area contributed by atoms with Crippen molar-refractivity contribution in [2.75, 3.05) is 45.8 Å². The molecule has 1 rings (SSSR count). The maximum atomic E-state index is 12.7. The third-order valence-electron chi connectivity index (χ3n) is 3.97. The smallest absolute Gasteiger partial charge is 0.317 e. The van der Waals surface area contributed by atoms with Gasteiger partial charge in [-0.25, -0.2) is 4.79 Å². The molecule has 0 saturated carbocycles. The standard InChI is InChI=1S/C15H30N4O5S/c1-3-8-18(9-4-2)25(23,24)19-12-10-17(11-13-19)15(22)16-7-5-6-14(20)21/h3-13H2,1-2H3,(H,16,22)(H,20,21). The first-order valence-electron chi connectivity index (χ1n) is 8.82. The van der Waals surface area contributed by atoms with E-state index in [-0.39, 0.29) is 25.5 Å². The van der Waals surface area contributed by atoms with Crippen LogP contribution in [-0.2, 0) is 15.0 Å². The van der Waals surface area contributed by atoms with Crippen LogP contribution in [0.2, 0.25) is 0 Å². The molecule has 2 amide bonds. The monoisotopic (exact) mass is 378 g/mol. The van der Waals surface area contributed by atoms with Gasteiger partial charge in [-0.2, -0.15) is 17.0 Å². The number of nitrogens with one attached hydrogen (secondary N) is 1. The van der Waals surface area contributed by atoms with Gasteiger partial charge >= 0.3 is 12.0 Å². The molecule has 0 aromatic rings. The fourth-order valence-electron chi connectivity index (χ4n) is 2.67. The third kappa shape index (κ3) is 6.79. The zero-order valence-corrected chi connectivity index (χ0v) is 15.9. The van der Waals surface area contributed by atoms with Crippen molar-refractivity contribution in [1.29, 1.82) is 0 Å². The first-order chi connectivity index (χ1) is 11.8. The highest BCUT2D eigenvalue weighted by molar-refractivity contribution is 7.86. The lowest BCUT2D eigenvalue weighted by molar-refractivity contribution is -0.137. The van der Waals surface area contributed by atoms with Gasteiger partial charge in [0.2, 0.25) is 0 Å². The van der Waals surface area contributed by atoms with Crippen molar-refractivity contribution in [2.24, 2.45) is 0 Å². The molecule has 1 aliphatic rings. The molecule has 0 unspecified atom stereocenters. The zero-order chi connectivity index (χ0) is 18.9. The molecule has 0 atom stereocenters. The van der Waals surface area contributed by atoms with Crippen molar-refractivity contribution in [3.63, 3.8) is 0 Å². The van der Waals surface area contributed by atoms with Crippen molar-refractivity contribution >= 4 is 22.2 Å². The predicted molar refractivity (Wildman–Crippen MR) is 94.5 cm³/mol. The van der Waals surface area contributed by atoms with Gasteiger partial charge in [0.15, 0.2) is 0 Å². The summed E-state index contributed by atoms with van der Waals surface area (Å²) < 4.78 is 28.3. The molecule has 10 heteroatoms. The second kappa shape index (κ2) is 10.6. The third-order valence-corrected chi connectivity index (χ3v) is 6.00. The number of nitrogens with zero attached hydrogens (tertiary/aromatic N) is 3. The van der Waals surface area contributed by atoms with Crippen LogP contribution in [0, 0.1) is 0 Å². The van der Waals surface area contributed by atoms with Gasteiger partial charge in [0, 0.05) is 52.2 Å². The van der Waals surface area contributed by atoms with E-state index < -0.39 is 16.2 Å². The van der Waals surface area contributed by atoms with Crippen LogP contribution in [0.1, 0.15) is 39.5 Å². The van der Waals surface area contributed by atoms with Crippen molar-refractivity contribution in [3.05, 3.63) is 0 Å². The minimum Gasteiger partial charge on any atom is -0.481 e. The van der Waals surface area contributed by atoms with E-state index in [9.17, 15) is 18.0 Å². The molecule has 0 radical (unpaired) electrons. The summed E-state index contributed by atoms with van der Waals surface area (Å²) >= 11 is 0. The summed E-state index contributed by atoms with van der Waals surface area (Å²) in [6.45, 7) is 6.40. The zero-order valence-electron chi connectivity index (χ0n) is 15.1. The largest absolute Gasteiger partial charge is 0.481 e. The molecule has 1 fully saturated rings. The number of amides is 2. The number of hydrogen-bond acceptors (Lipinski definition) is 4. The van der Waals surface area contributed by atoms with Gasteiger partial charge in [0.25, 0.3) is 10.2 Å². The van der Waals surface area contributed by atoms with Gasteiger partial charge in [-0.15, -0.1) is 0 Å². The summed E-state index contributed by atoms with van der Waals surface area (Å²) in [6, 6.07) is -0.276. The lowest BCUT2D eigenvalue weighted by Gasteiger charge is -2.36. The molecule has 0 aromatic heterocycles. The van der Waals surface area contributed by atoms with Crippen LogP contribution in [0.3, 0.4) is 0 Å². The van der Waals surface area contributed by atoms with Crippen molar-refractivity contribution in [1.82, 2.24) is 18.8 Å². The van der Waals surface area contributed by atoms with E-state index in [1.165, 1.54) is 8.61 Å². The average molecular weight is 378 g/mol. The predicted octanol–water partition coefficient (Wildman–Crippen LogP) is 0.545. The van der Waals surface area contributed by atoms with E-state index in [0.717, 1.165) is 12.8 Å². The molecule has 1 saturated heterocycles. The summed E-state index contributed by atoms with van der Waals surface area (Å²) in [6.07, 6.45) is 1.91. The second-order valence-corrected chi connectivity index (χ2v) is 7.95. The SMILES string of the molecule is CCCN(CCC)S(=O)(=O)N1CCN(C(=O)NCCCC(=O)O)CC1. The molecule has 0 aliphatic carbocycles. The van der Waals surface area contributed by atoms with Gasteiger partial charge in [0.05, 0.1) is 0 Å². The topological polar surface area (TPSA) is 110 Å². The quantitative estimate of drug-likeness (QED) is 0.539. The Morgan fingerprint density at radius 3 is 2.12 bits per heavy atom. The maximum Gasteiger partial charge on any atom is 0.317 e. The number of aliphatic carboxylic acids is 1. The van der Waals surface area contributed by atoms with Crippen LogP contribution in [0.4, 0.5) is 4.79 Å². The van der Waals surface area contributed by atoms with Crippen molar-refractivity contribution in [2.45, 2.75) is 39.5 Å². The summed E-state index contributed by atoms with van der Waals surface area (Å²) in [5.74, 6) is -0.892. The molecule has 1 aliphatic heterocycles. The van der Waals surface area contributed by atoms with Gasteiger partial charge in [-0.1, -0.05) is 13.8 Å². The molecule has 9 nitrogen and oxygen atoms in total. The normalized spacial score (nSPS) is 16.2. The van der Waals surface area contributed by atoms with E-state index >= 15 is 0 Å². The number of piperazine rings is 1. The van der Waals surface area contributed by atoms with Crippen LogP contribution >= 0.6 is 0 Å². The van der Waals surface area contributed by atoms with Crippen LogP contribution in [0.25, 0.3) is 0 Å². The van der Waals surface area contributed by atoms with E-state index in [0.29, 0.717) is 39.1 Å². The van der Waals surface area contributed by atoms with Crippen LogP contribution in [0.15, 0.2) is 0 Å². The molecule has 2 N–H and O–H groups in total. The highest BCUT2D eigenvalue weighted by atomic mass is 32.2. The Hall–Kier alpha value is -1.39. The highest BCUT2D eigenvalue weighted by Crippen LogP contribution is 2.13. The molecule has 0 spiro atoms. The molecule has 0 bridgehead atoms. The van der Waals surface area contributed by atoms with Gasteiger partial charge in [0.1, 0.15) is 0 Å². The number of carbonyl (C=O) groups excluding carboxylic acids is 1. The van der Waals surface area contributed by atoms with Crippen molar-refractivity contribution in [3.8, 4) is 0 Å². The number of carbonyl (C=O) groups is 2. The summed E-state index contributed by atoms with van der Waals surface area (Å²) in [5, 5.41) is 11.2. The Morgan fingerprint density at radius 1 is 1.08 bits per heavy atom. The molecular formula is C15H30N4O5S. The Morgan fingerprint density at radius 2 is 1.64 bits per heavy atom. The summed E-state index contributed by atoms with van der Waals surface area (Å²) in [5.41, 5.74) is 0. The van der Waals surface area contributed by atoms with E-state index in [1.54, 1.807) is 4.90 Å². The Labute approximate surface area is 150 Å². The van der Waals surface area contributed by atoms with Gasteiger partial charge < -0.3 is 15.3 Å². The van der Waals surface area contributed by atoms with Crippen molar-refractivity contribution < 1.29 is 23.1 Å². The van der Waals surface area contributed by atoms with Gasteiger partial charge in [-0.3, -0.25) is 4.79 Å². The Kier molecular flexibility index (Phi) is 9.15. The number of carboxylic acids is 1. The number of hydrogen-bond donors (Lipinski definition) is 2. The molecule has 146 valence electrons. The van der Waals surface area contributed by atoms with Crippen LogP contribution in [-0.4, -0.2) is 84.8 Å². The first-order valence-corrected chi connectivity index (χ1v) is 10.2. The molecule has 25 heavy (non-hydrogen) atoms. The molecule has 1 heterocycles. The fraction of sp³-hybridized carbons (Fsp3) is 0.867. The highest BCUT2D eigenvalue weighted by Gasteiger charge is 2.32. The van der Waals surface area contributed by atoms with Crippen LogP contribution < -0.4 is 5.32 Å². The number of urea groups is 1. The lowest BCUT2D eigenvalue weighted by Crippen LogP contribution is -2.56. The maximum absolute atomic E-state index is 12.7. The lowest BCUT2D eigenvalue weighted by atomic mass is 10.3. The van der Waals surface area contributed by atoms with E-state index in [1.807, 2.05) is 13.8 Å². The first kappa shape index (κ1) is 21.7. The molecular weight excluding hydrogens is 348 g/mol. The van der Waals surface area contributed by atoms with E-state index in [2.05, 4.69) is 5.32 Å². The minimum atomic E-state index is -3.48. The Balaban J connectivity index is 2.48.